The molecule has 0 N–H and O–H groups in total. The lowest BCUT2D eigenvalue weighted by molar-refractivity contribution is 0.456. The maximum absolute atomic E-state index is 10.4. The SMILES string of the molecule is N#Cc1c(-c2cccc3c2Oc2ccccc2S3)cccc1-c1cccc2c1Oc1ccccc1S2. The van der Waals surface area contributed by atoms with Gasteiger partial charge in [0.2, 0.25) is 0 Å². The van der Waals surface area contributed by atoms with Crippen molar-refractivity contribution < 1.29 is 9.47 Å². The molecule has 0 radical (unpaired) electrons. The van der Waals surface area contributed by atoms with E-state index in [4.69, 9.17) is 9.47 Å². The predicted octanol–water partition coefficient (Wildman–Crippen LogP) is 9.41. The second-order valence-corrected chi connectivity index (χ2v) is 10.6. The van der Waals surface area contributed by atoms with E-state index in [0.29, 0.717) is 5.56 Å². The Morgan fingerprint density at radius 2 is 0.889 bits per heavy atom. The maximum Gasteiger partial charge on any atom is 0.149 e. The van der Waals surface area contributed by atoms with Crippen molar-refractivity contribution in [2.75, 3.05) is 0 Å². The third-order valence-electron chi connectivity index (χ3n) is 6.28. The Balaban J connectivity index is 1.38. The molecular formula is C31H17NO2S2. The fourth-order valence-electron chi connectivity index (χ4n) is 4.64. The van der Waals surface area contributed by atoms with Gasteiger partial charge >= 0.3 is 0 Å². The van der Waals surface area contributed by atoms with E-state index in [9.17, 15) is 5.26 Å². The van der Waals surface area contributed by atoms with Gasteiger partial charge in [-0.15, -0.1) is 0 Å². The van der Waals surface area contributed by atoms with Gasteiger partial charge in [-0.05, 0) is 36.4 Å². The van der Waals surface area contributed by atoms with Crippen LogP contribution < -0.4 is 9.47 Å². The van der Waals surface area contributed by atoms with Crippen molar-refractivity contribution in [2.45, 2.75) is 19.6 Å². The molecule has 170 valence electrons. The molecule has 0 bridgehead atoms. The van der Waals surface area contributed by atoms with Crippen molar-refractivity contribution in [3.8, 4) is 51.3 Å². The smallest absolute Gasteiger partial charge is 0.149 e. The van der Waals surface area contributed by atoms with E-state index in [1.165, 1.54) is 0 Å². The zero-order chi connectivity index (χ0) is 24.1. The summed E-state index contributed by atoms with van der Waals surface area (Å²) in [6, 6.07) is 36.7. The monoisotopic (exact) mass is 499 g/mol. The molecule has 7 rings (SSSR count). The van der Waals surface area contributed by atoms with Crippen LogP contribution in [0.2, 0.25) is 0 Å². The molecule has 2 aliphatic heterocycles. The number of hydrogen-bond acceptors (Lipinski definition) is 5. The standard InChI is InChI=1S/C31H17NO2S2/c32-18-23-19(21-10-6-16-28-30(21)33-24-12-1-3-14-26(24)35-28)8-5-9-20(23)22-11-7-17-29-31(22)34-25-13-2-4-15-27(25)36-29/h1-17H. The fourth-order valence-corrected chi connectivity index (χ4v) is 6.61. The van der Waals surface area contributed by atoms with Crippen LogP contribution in [0, 0.1) is 11.3 Å². The van der Waals surface area contributed by atoms with Crippen molar-refractivity contribution in [3.63, 3.8) is 0 Å². The van der Waals surface area contributed by atoms with Gasteiger partial charge in [0.05, 0.1) is 25.1 Å². The van der Waals surface area contributed by atoms with Crippen LogP contribution in [-0.4, -0.2) is 0 Å². The third kappa shape index (κ3) is 3.38. The lowest BCUT2D eigenvalue weighted by Crippen LogP contribution is -2.00. The Hall–Kier alpha value is -4.11. The molecule has 2 heterocycles. The molecule has 0 aromatic heterocycles. The van der Waals surface area contributed by atoms with Gasteiger partial charge < -0.3 is 9.47 Å². The summed E-state index contributed by atoms with van der Waals surface area (Å²) < 4.78 is 12.8. The van der Waals surface area contributed by atoms with Gasteiger partial charge in [-0.3, -0.25) is 0 Å². The molecule has 0 amide bonds. The van der Waals surface area contributed by atoms with Gasteiger partial charge in [0.25, 0.3) is 0 Å². The van der Waals surface area contributed by atoms with Crippen LogP contribution in [0.15, 0.2) is 123 Å². The van der Waals surface area contributed by atoms with Crippen molar-refractivity contribution in [1.29, 1.82) is 5.26 Å². The van der Waals surface area contributed by atoms with Gasteiger partial charge in [0, 0.05) is 22.3 Å². The fraction of sp³-hybridized carbons (Fsp3) is 0. The number of benzene rings is 5. The Bertz CT molecular complexity index is 1600. The summed E-state index contributed by atoms with van der Waals surface area (Å²) in [5.74, 6) is 3.23. The summed E-state index contributed by atoms with van der Waals surface area (Å²) in [6.07, 6.45) is 0. The van der Waals surface area contributed by atoms with Crippen LogP contribution in [0.5, 0.6) is 23.0 Å². The lowest BCUT2D eigenvalue weighted by Gasteiger charge is -2.24. The summed E-state index contributed by atoms with van der Waals surface area (Å²) in [5.41, 5.74) is 4.08. The molecule has 0 fully saturated rings. The van der Waals surface area contributed by atoms with Crippen LogP contribution in [0.25, 0.3) is 22.3 Å². The number of hydrogen-bond donors (Lipinski definition) is 0. The highest BCUT2D eigenvalue weighted by Gasteiger charge is 2.26. The molecular weight excluding hydrogens is 482 g/mol. The first kappa shape index (κ1) is 21.2. The van der Waals surface area contributed by atoms with E-state index in [0.717, 1.165) is 64.8 Å². The molecule has 0 atom stereocenters. The number of nitrogens with zero attached hydrogens (tertiary/aromatic N) is 1. The Morgan fingerprint density at radius 3 is 1.39 bits per heavy atom. The molecule has 36 heavy (non-hydrogen) atoms. The normalized spacial score (nSPS) is 12.6. The van der Waals surface area contributed by atoms with Gasteiger partial charge in [-0.1, -0.05) is 90.3 Å². The minimum atomic E-state index is 0.596. The van der Waals surface area contributed by atoms with E-state index in [-0.39, 0.29) is 0 Å². The number of para-hydroxylation sites is 4. The number of ether oxygens (including phenoxy) is 2. The quantitative estimate of drug-likeness (QED) is 0.237. The Morgan fingerprint density at radius 1 is 0.472 bits per heavy atom. The summed E-state index contributed by atoms with van der Waals surface area (Å²) in [5, 5.41) is 10.4. The number of nitriles is 1. The van der Waals surface area contributed by atoms with Crippen LogP contribution in [0.1, 0.15) is 5.56 Å². The molecule has 5 heteroatoms. The van der Waals surface area contributed by atoms with Crippen LogP contribution in [0.3, 0.4) is 0 Å². The van der Waals surface area contributed by atoms with Crippen molar-refractivity contribution >= 4 is 23.5 Å². The van der Waals surface area contributed by atoms with Gasteiger partial charge in [0.15, 0.2) is 0 Å². The highest BCUT2D eigenvalue weighted by molar-refractivity contribution is 7.99. The molecule has 5 aromatic carbocycles. The maximum atomic E-state index is 10.4. The zero-order valence-corrected chi connectivity index (χ0v) is 20.5. The number of fused-ring (bicyclic) bond motifs is 4. The first-order valence-corrected chi connectivity index (χ1v) is 13.1. The molecule has 0 saturated heterocycles. The average Bonchev–Trinajstić information content (AvgIpc) is 2.94. The van der Waals surface area contributed by atoms with E-state index in [1.807, 2.05) is 78.9 Å². The minimum Gasteiger partial charge on any atom is -0.454 e. The van der Waals surface area contributed by atoms with Crippen LogP contribution >= 0.6 is 23.5 Å². The van der Waals surface area contributed by atoms with Crippen molar-refractivity contribution in [2.24, 2.45) is 0 Å². The number of rotatable bonds is 2. The third-order valence-corrected chi connectivity index (χ3v) is 8.47. The first-order valence-electron chi connectivity index (χ1n) is 11.5. The second kappa shape index (κ2) is 8.53. The molecule has 2 aliphatic rings. The van der Waals surface area contributed by atoms with Crippen LogP contribution in [0.4, 0.5) is 0 Å². The summed E-state index contributed by atoms with van der Waals surface area (Å²) in [7, 11) is 0. The Labute approximate surface area is 217 Å². The van der Waals surface area contributed by atoms with E-state index < -0.39 is 0 Å². The average molecular weight is 500 g/mol. The first-order chi connectivity index (χ1) is 17.8. The lowest BCUT2D eigenvalue weighted by atomic mass is 9.91. The van der Waals surface area contributed by atoms with E-state index >= 15 is 0 Å². The second-order valence-electron chi connectivity index (χ2n) is 8.41. The van der Waals surface area contributed by atoms with Crippen LogP contribution in [-0.2, 0) is 0 Å². The minimum absolute atomic E-state index is 0.596. The van der Waals surface area contributed by atoms with Crippen molar-refractivity contribution in [3.05, 3.63) is 109 Å². The van der Waals surface area contributed by atoms with Gasteiger partial charge in [-0.2, -0.15) is 5.26 Å². The predicted molar refractivity (Wildman–Crippen MR) is 143 cm³/mol. The highest BCUT2D eigenvalue weighted by atomic mass is 32.2. The summed E-state index contributed by atoms with van der Waals surface area (Å²) in [4.78, 5) is 4.24. The van der Waals surface area contributed by atoms with Gasteiger partial charge in [0.1, 0.15) is 29.1 Å². The highest BCUT2D eigenvalue weighted by Crippen LogP contribution is 2.53. The summed E-state index contributed by atoms with van der Waals surface area (Å²) >= 11 is 3.37. The van der Waals surface area contributed by atoms with Crippen molar-refractivity contribution in [1.82, 2.24) is 0 Å². The van der Waals surface area contributed by atoms with E-state index in [1.54, 1.807) is 23.5 Å². The zero-order valence-electron chi connectivity index (χ0n) is 18.9. The largest absolute Gasteiger partial charge is 0.454 e. The Kier molecular flexibility index (Phi) is 5.02. The molecule has 5 aromatic rings. The molecule has 0 spiro atoms. The topological polar surface area (TPSA) is 42.2 Å². The molecule has 0 aliphatic carbocycles. The van der Waals surface area contributed by atoms with E-state index in [2.05, 4.69) is 30.3 Å². The summed E-state index contributed by atoms with van der Waals surface area (Å²) in [6.45, 7) is 0. The molecule has 3 nitrogen and oxygen atoms in total. The molecule has 0 saturated carbocycles. The van der Waals surface area contributed by atoms with Gasteiger partial charge in [-0.25, -0.2) is 0 Å². The molecule has 0 unspecified atom stereocenters.